The predicted octanol–water partition coefficient (Wildman–Crippen LogP) is 2.59. The summed E-state index contributed by atoms with van der Waals surface area (Å²) >= 11 is 0. The van der Waals surface area contributed by atoms with E-state index in [0.717, 1.165) is 37.8 Å². The third-order valence-electron chi connectivity index (χ3n) is 5.27. The smallest absolute Gasteiger partial charge is 0.317 e. The second-order valence-electron chi connectivity index (χ2n) is 7.41. The van der Waals surface area contributed by atoms with E-state index < -0.39 is 9.84 Å². The average molecular weight is 410 g/mol. The van der Waals surface area contributed by atoms with Crippen LogP contribution in [0.25, 0.3) is 0 Å². The summed E-state index contributed by atoms with van der Waals surface area (Å²) in [5.41, 5.74) is 0.839. The summed E-state index contributed by atoms with van der Waals surface area (Å²) in [5, 5.41) is 2.80. The van der Waals surface area contributed by atoms with Crippen LogP contribution in [-0.4, -0.2) is 63.1 Å². The van der Waals surface area contributed by atoms with Gasteiger partial charge in [0.05, 0.1) is 10.9 Å². The molecule has 1 N–H and O–H groups in total. The van der Waals surface area contributed by atoms with Crippen LogP contribution < -0.4 is 5.32 Å². The SMILES string of the molecule is CC(c1ccc(S(C)(=O)=O)cc1)N(C)C(=O)NCCC(=O)N1CCCCCC1. The first kappa shape index (κ1) is 22.2. The lowest BCUT2D eigenvalue weighted by Gasteiger charge is -2.26. The number of nitrogens with zero attached hydrogens (tertiary/aromatic N) is 2. The van der Waals surface area contributed by atoms with Gasteiger partial charge in [-0.2, -0.15) is 0 Å². The Labute approximate surface area is 168 Å². The van der Waals surface area contributed by atoms with Gasteiger partial charge in [0.2, 0.25) is 5.91 Å². The van der Waals surface area contributed by atoms with Crippen LogP contribution in [0, 0.1) is 0 Å². The van der Waals surface area contributed by atoms with Crippen LogP contribution >= 0.6 is 0 Å². The van der Waals surface area contributed by atoms with E-state index in [1.54, 1.807) is 36.2 Å². The van der Waals surface area contributed by atoms with Crippen LogP contribution in [0.5, 0.6) is 0 Å². The Morgan fingerprint density at radius 3 is 2.21 bits per heavy atom. The van der Waals surface area contributed by atoms with Gasteiger partial charge in [-0.25, -0.2) is 13.2 Å². The van der Waals surface area contributed by atoms with E-state index in [1.165, 1.54) is 12.8 Å². The van der Waals surface area contributed by atoms with Gasteiger partial charge >= 0.3 is 6.03 Å². The molecule has 156 valence electrons. The standard InChI is InChI=1S/C20H31N3O4S/c1-16(17-8-10-18(11-9-17)28(3,26)27)22(2)20(25)21-13-12-19(24)23-14-6-4-5-7-15-23/h8-11,16H,4-7,12-15H2,1-3H3,(H,21,25). The molecule has 1 saturated heterocycles. The summed E-state index contributed by atoms with van der Waals surface area (Å²) in [7, 11) is -1.56. The topological polar surface area (TPSA) is 86.8 Å². The molecule has 0 bridgehead atoms. The molecule has 28 heavy (non-hydrogen) atoms. The average Bonchev–Trinajstić information content (AvgIpc) is 2.95. The normalized spacial score (nSPS) is 16.2. The maximum atomic E-state index is 12.4. The number of hydrogen-bond donors (Lipinski definition) is 1. The minimum Gasteiger partial charge on any atom is -0.343 e. The summed E-state index contributed by atoms with van der Waals surface area (Å²) in [4.78, 5) is 28.4. The Balaban J connectivity index is 1.83. The minimum atomic E-state index is -3.24. The quantitative estimate of drug-likeness (QED) is 0.782. The highest BCUT2D eigenvalue weighted by atomic mass is 32.2. The van der Waals surface area contributed by atoms with E-state index in [-0.39, 0.29) is 22.9 Å². The van der Waals surface area contributed by atoms with E-state index in [0.29, 0.717) is 13.0 Å². The number of nitrogens with one attached hydrogen (secondary N) is 1. The van der Waals surface area contributed by atoms with Crippen molar-refractivity contribution in [2.75, 3.05) is 32.9 Å². The van der Waals surface area contributed by atoms with Gasteiger partial charge in [0, 0.05) is 39.4 Å². The van der Waals surface area contributed by atoms with Crippen molar-refractivity contribution in [1.29, 1.82) is 0 Å². The van der Waals surface area contributed by atoms with Crippen LogP contribution in [-0.2, 0) is 14.6 Å². The molecule has 0 aromatic heterocycles. The van der Waals surface area contributed by atoms with Crippen molar-refractivity contribution in [2.24, 2.45) is 0 Å². The van der Waals surface area contributed by atoms with Gasteiger partial charge in [-0.3, -0.25) is 4.79 Å². The van der Waals surface area contributed by atoms with Crippen molar-refractivity contribution in [1.82, 2.24) is 15.1 Å². The highest BCUT2D eigenvalue weighted by Crippen LogP contribution is 2.20. The van der Waals surface area contributed by atoms with Crippen LogP contribution in [0.3, 0.4) is 0 Å². The van der Waals surface area contributed by atoms with Crippen LogP contribution in [0.4, 0.5) is 4.79 Å². The molecule has 2 rings (SSSR count). The molecule has 1 aromatic carbocycles. The number of urea groups is 1. The number of sulfone groups is 1. The van der Waals surface area contributed by atoms with Gasteiger partial charge in [-0.15, -0.1) is 0 Å². The summed E-state index contributed by atoms with van der Waals surface area (Å²) in [6, 6.07) is 6.04. The summed E-state index contributed by atoms with van der Waals surface area (Å²) in [5.74, 6) is 0.0919. The number of rotatable bonds is 6. The Morgan fingerprint density at radius 1 is 1.11 bits per heavy atom. The number of amides is 3. The molecule has 7 nitrogen and oxygen atoms in total. The molecular weight excluding hydrogens is 378 g/mol. The molecule has 0 aliphatic carbocycles. The van der Waals surface area contributed by atoms with Gasteiger partial charge in [0.25, 0.3) is 0 Å². The van der Waals surface area contributed by atoms with Gasteiger partial charge in [-0.05, 0) is 37.5 Å². The lowest BCUT2D eigenvalue weighted by atomic mass is 10.1. The van der Waals surface area contributed by atoms with Gasteiger partial charge < -0.3 is 15.1 Å². The van der Waals surface area contributed by atoms with Crippen molar-refractivity contribution in [2.45, 2.75) is 50.0 Å². The second-order valence-corrected chi connectivity index (χ2v) is 9.42. The zero-order chi connectivity index (χ0) is 20.7. The Hall–Kier alpha value is -2.09. The lowest BCUT2D eigenvalue weighted by molar-refractivity contribution is -0.131. The van der Waals surface area contributed by atoms with Crippen molar-refractivity contribution in [3.8, 4) is 0 Å². The molecule has 1 aliphatic rings. The summed E-state index contributed by atoms with van der Waals surface area (Å²) < 4.78 is 23.1. The molecule has 3 amide bonds. The van der Waals surface area contributed by atoms with E-state index in [4.69, 9.17) is 0 Å². The van der Waals surface area contributed by atoms with Crippen molar-refractivity contribution < 1.29 is 18.0 Å². The predicted molar refractivity (Wildman–Crippen MR) is 109 cm³/mol. The van der Waals surface area contributed by atoms with Crippen molar-refractivity contribution in [3.05, 3.63) is 29.8 Å². The van der Waals surface area contributed by atoms with E-state index in [9.17, 15) is 18.0 Å². The molecular formula is C20H31N3O4S. The molecule has 0 saturated carbocycles. The first-order valence-electron chi connectivity index (χ1n) is 9.78. The highest BCUT2D eigenvalue weighted by Gasteiger charge is 2.19. The zero-order valence-corrected chi connectivity index (χ0v) is 17.8. The fourth-order valence-electron chi connectivity index (χ4n) is 3.27. The highest BCUT2D eigenvalue weighted by molar-refractivity contribution is 7.90. The second kappa shape index (κ2) is 9.91. The Bertz CT molecular complexity index is 769. The van der Waals surface area contributed by atoms with Crippen molar-refractivity contribution >= 4 is 21.8 Å². The first-order chi connectivity index (χ1) is 13.2. The monoisotopic (exact) mass is 409 g/mol. The largest absolute Gasteiger partial charge is 0.343 e. The van der Waals surface area contributed by atoms with Crippen LogP contribution in [0.2, 0.25) is 0 Å². The maximum Gasteiger partial charge on any atom is 0.317 e. The first-order valence-corrected chi connectivity index (χ1v) is 11.7. The minimum absolute atomic E-state index is 0.0919. The molecule has 0 spiro atoms. The number of carbonyl (C=O) groups excluding carboxylic acids is 2. The third-order valence-corrected chi connectivity index (χ3v) is 6.39. The van der Waals surface area contributed by atoms with E-state index in [1.807, 2.05) is 11.8 Å². The fraction of sp³-hybridized carbons (Fsp3) is 0.600. The molecule has 8 heteroatoms. The number of hydrogen-bond acceptors (Lipinski definition) is 4. The van der Waals surface area contributed by atoms with Crippen molar-refractivity contribution in [3.63, 3.8) is 0 Å². The zero-order valence-electron chi connectivity index (χ0n) is 17.0. The molecule has 1 unspecified atom stereocenters. The van der Waals surface area contributed by atoms with E-state index >= 15 is 0 Å². The van der Waals surface area contributed by atoms with Gasteiger partial charge in [0.1, 0.15) is 0 Å². The maximum absolute atomic E-state index is 12.4. The molecule has 1 heterocycles. The fourth-order valence-corrected chi connectivity index (χ4v) is 3.90. The summed E-state index contributed by atoms with van der Waals surface area (Å²) in [6.07, 6.45) is 5.92. The molecule has 1 fully saturated rings. The Kier molecular flexibility index (Phi) is 7.86. The third kappa shape index (κ3) is 6.22. The number of carbonyl (C=O) groups is 2. The molecule has 1 atom stereocenters. The number of likely N-dealkylation sites (tertiary alicyclic amines) is 1. The lowest BCUT2D eigenvalue weighted by Crippen LogP contribution is -2.41. The molecule has 1 aromatic rings. The molecule has 1 aliphatic heterocycles. The van der Waals surface area contributed by atoms with Crippen LogP contribution in [0.1, 0.15) is 50.6 Å². The van der Waals surface area contributed by atoms with Gasteiger partial charge in [0.15, 0.2) is 9.84 Å². The number of benzene rings is 1. The molecule has 0 radical (unpaired) electrons. The van der Waals surface area contributed by atoms with Crippen LogP contribution in [0.15, 0.2) is 29.2 Å². The Morgan fingerprint density at radius 2 is 1.68 bits per heavy atom. The van der Waals surface area contributed by atoms with Gasteiger partial charge in [-0.1, -0.05) is 25.0 Å². The van der Waals surface area contributed by atoms with E-state index in [2.05, 4.69) is 5.32 Å². The summed E-state index contributed by atoms with van der Waals surface area (Å²) in [6.45, 7) is 3.80.